The van der Waals surface area contributed by atoms with E-state index in [1.54, 1.807) is 11.8 Å². The molecule has 2 N–H and O–H groups in total. The van der Waals surface area contributed by atoms with E-state index in [1.165, 1.54) is 5.56 Å². The highest BCUT2D eigenvalue weighted by atomic mass is 32.2. The van der Waals surface area contributed by atoms with Crippen molar-refractivity contribution < 1.29 is 4.79 Å². The predicted octanol–water partition coefficient (Wildman–Crippen LogP) is 3.06. The summed E-state index contributed by atoms with van der Waals surface area (Å²) in [5, 5.41) is 0.720. The summed E-state index contributed by atoms with van der Waals surface area (Å²) in [4.78, 5) is 12.1. The Bertz CT molecular complexity index is 439. The molecule has 1 heterocycles. The van der Waals surface area contributed by atoms with Gasteiger partial charge in [-0.15, -0.1) is 11.8 Å². The molecule has 0 bridgehead atoms. The number of rotatable bonds is 4. The molecule has 1 aromatic rings. The average Bonchev–Trinajstić information content (AvgIpc) is 2.73. The van der Waals surface area contributed by atoms with Gasteiger partial charge in [-0.05, 0) is 12.0 Å². The van der Waals surface area contributed by atoms with Gasteiger partial charge in [0.25, 0.3) is 0 Å². The van der Waals surface area contributed by atoms with Gasteiger partial charge in [0, 0.05) is 23.7 Å². The van der Waals surface area contributed by atoms with Crippen LogP contribution in [0.3, 0.4) is 0 Å². The standard InChI is InChI=1S/C14H17NOS/c1-2-6-12(16)13-11(9-17-14(13)15)10-7-4-3-5-8-10/h3-5,7-8,11H,2,6,9,15H2,1H3. The van der Waals surface area contributed by atoms with E-state index in [0.29, 0.717) is 6.42 Å². The van der Waals surface area contributed by atoms with Gasteiger partial charge in [0.15, 0.2) is 5.78 Å². The molecule has 1 aliphatic rings. The number of thioether (sulfide) groups is 1. The van der Waals surface area contributed by atoms with Crippen molar-refractivity contribution in [2.45, 2.75) is 25.7 Å². The average molecular weight is 247 g/mol. The molecule has 0 aromatic heterocycles. The minimum absolute atomic E-state index is 0.181. The lowest BCUT2D eigenvalue weighted by Gasteiger charge is -2.13. The van der Waals surface area contributed by atoms with Crippen LogP contribution in [0.1, 0.15) is 31.2 Å². The van der Waals surface area contributed by atoms with Gasteiger partial charge in [-0.1, -0.05) is 37.3 Å². The molecule has 1 unspecified atom stereocenters. The van der Waals surface area contributed by atoms with Crippen molar-refractivity contribution in [3.63, 3.8) is 0 Å². The summed E-state index contributed by atoms with van der Waals surface area (Å²) in [5.74, 6) is 1.28. The van der Waals surface area contributed by atoms with E-state index in [0.717, 1.165) is 22.8 Å². The zero-order valence-corrected chi connectivity index (χ0v) is 10.8. The maximum atomic E-state index is 12.1. The molecule has 0 aliphatic carbocycles. The third kappa shape index (κ3) is 2.55. The molecule has 0 spiro atoms. The Morgan fingerprint density at radius 1 is 1.41 bits per heavy atom. The SMILES string of the molecule is CCCC(=O)C1=C(N)SCC1c1ccccc1. The first-order chi connectivity index (χ1) is 8.24. The monoisotopic (exact) mass is 247 g/mol. The molecule has 17 heavy (non-hydrogen) atoms. The molecule has 1 aromatic carbocycles. The first kappa shape index (κ1) is 12.2. The number of ketones is 1. The van der Waals surface area contributed by atoms with Gasteiger partial charge >= 0.3 is 0 Å². The molecule has 0 radical (unpaired) electrons. The van der Waals surface area contributed by atoms with Crippen LogP contribution in [0.4, 0.5) is 0 Å². The van der Waals surface area contributed by atoms with Crippen LogP contribution in [0.25, 0.3) is 0 Å². The normalized spacial score (nSPS) is 19.7. The van der Waals surface area contributed by atoms with Crippen LogP contribution in [0.2, 0.25) is 0 Å². The number of hydrogen-bond donors (Lipinski definition) is 1. The largest absolute Gasteiger partial charge is 0.393 e. The van der Waals surface area contributed by atoms with Crippen LogP contribution in [-0.2, 0) is 4.79 Å². The molecule has 0 saturated carbocycles. The molecule has 2 nitrogen and oxygen atoms in total. The highest BCUT2D eigenvalue weighted by Crippen LogP contribution is 2.40. The number of hydrogen-bond acceptors (Lipinski definition) is 3. The fourth-order valence-electron chi connectivity index (χ4n) is 2.15. The van der Waals surface area contributed by atoms with Crippen molar-refractivity contribution >= 4 is 17.5 Å². The first-order valence-corrected chi connectivity index (χ1v) is 6.93. The lowest BCUT2D eigenvalue weighted by Crippen LogP contribution is -2.12. The highest BCUT2D eigenvalue weighted by Gasteiger charge is 2.30. The molecule has 0 amide bonds. The van der Waals surface area contributed by atoms with E-state index in [9.17, 15) is 4.79 Å². The zero-order valence-electron chi connectivity index (χ0n) is 9.98. The van der Waals surface area contributed by atoms with Crippen molar-refractivity contribution in [1.82, 2.24) is 0 Å². The minimum atomic E-state index is 0.181. The first-order valence-electron chi connectivity index (χ1n) is 5.94. The minimum Gasteiger partial charge on any atom is -0.393 e. The summed E-state index contributed by atoms with van der Waals surface area (Å²) in [6.45, 7) is 2.02. The lowest BCUT2D eigenvalue weighted by molar-refractivity contribution is -0.115. The lowest BCUT2D eigenvalue weighted by atomic mass is 9.89. The van der Waals surface area contributed by atoms with E-state index in [-0.39, 0.29) is 11.7 Å². The Morgan fingerprint density at radius 3 is 2.76 bits per heavy atom. The summed E-state index contributed by atoms with van der Waals surface area (Å²) in [6, 6.07) is 10.2. The molecular formula is C14H17NOS. The number of benzene rings is 1. The summed E-state index contributed by atoms with van der Waals surface area (Å²) in [6.07, 6.45) is 1.47. The van der Waals surface area contributed by atoms with E-state index < -0.39 is 0 Å². The molecule has 1 aliphatic heterocycles. The summed E-state index contributed by atoms with van der Waals surface area (Å²) < 4.78 is 0. The Hall–Kier alpha value is -1.22. The molecular weight excluding hydrogens is 230 g/mol. The number of carbonyl (C=O) groups is 1. The smallest absolute Gasteiger partial charge is 0.162 e. The summed E-state index contributed by atoms with van der Waals surface area (Å²) in [7, 11) is 0. The van der Waals surface area contributed by atoms with Crippen molar-refractivity contribution in [1.29, 1.82) is 0 Å². The zero-order chi connectivity index (χ0) is 12.3. The molecule has 90 valence electrons. The van der Waals surface area contributed by atoms with E-state index in [4.69, 9.17) is 5.73 Å². The molecule has 0 fully saturated rings. The number of Topliss-reactive ketones (excluding diaryl/α,β-unsaturated/α-hetero) is 1. The van der Waals surface area contributed by atoms with Gasteiger partial charge in [-0.25, -0.2) is 0 Å². The summed E-state index contributed by atoms with van der Waals surface area (Å²) >= 11 is 1.60. The van der Waals surface area contributed by atoms with Gasteiger partial charge in [0.1, 0.15) is 0 Å². The fraction of sp³-hybridized carbons (Fsp3) is 0.357. The molecule has 3 heteroatoms. The van der Waals surface area contributed by atoms with Crippen molar-refractivity contribution in [2.24, 2.45) is 5.73 Å². The Balaban J connectivity index is 2.28. The number of allylic oxidation sites excluding steroid dienone is 1. The van der Waals surface area contributed by atoms with Crippen LogP contribution in [0, 0.1) is 0 Å². The number of nitrogens with two attached hydrogens (primary N) is 1. The quantitative estimate of drug-likeness (QED) is 0.889. The highest BCUT2D eigenvalue weighted by molar-refractivity contribution is 8.03. The maximum Gasteiger partial charge on any atom is 0.162 e. The van der Waals surface area contributed by atoms with E-state index >= 15 is 0 Å². The van der Waals surface area contributed by atoms with Gasteiger partial charge in [-0.3, -0.25) is 4.79 Å². The van der Waals surface area contributed by atoms with Crippen LogP contribution in [0.15, 0.2) is 40.9 Å². The fourth-order valence-corrected chi connectivity index (χ4v) is 3.26. The third-order valence-electron chi connectivity index (χ3n) is 3.00. The Morgan fingerprint density at radius 2 is 2.12 bits per heavy atom. The van der Waals surface area contributed by atoms with Crippen LogP contribution < -0.4 is 5.73 Å². The topological polar surface area (TPSA) is 43.1 Å². The van der Waals surface area contributed by atoms with Crippen molar-refractivity contribution in [3.8, 4) is 0 Å². The van der Waals surface area contributed by atoms with Crippen molar-refractivity contribution in [2.75, 3.05) is 5.75 Å². The second-order valence-electron chi connectivity index (χ2n) is 4.23. The molecule has 1 atom stereocenters. The van der Waals surface area contributed by atoms with Crippen LogP contribution >= 0.6 is 11.8 Å². The Labute approximate surface area is 106 Å². The third-order valence-corrected chi connectivity index (χ3v) is 4.03. The van der Waals surface area contributed by atoms with Gasteiger partial charge in [0.05, 0.1) is 5.03 Å². The maximum absolute atomic E-state index is 12.1. The van der Waals surface area contributed by atoms with Gasteiger partial charge in [-0.2, -0.15) is 0 Å². The number of carbonyl (C=O) groups excluding carboxylic acids is 1. The van der Waals surface area contributed by atoms with E-state index in [2.05, 4.69) is 12.1 Å². The van der Waals surface area contributed by atoms with Gasteiger partial charge < -0.3 is 5.73 Å². The Kier molecular flexibility index (Phi) is 3.89. The van der Waals surface area contributed by atoms with Crippen LogP contribution in [0.5, 0.6) is 0 Å². The second-order valence-corrected chi connectivity index (χ2v) is 5.29. The van der Waals surface area contributed by atoms with Crippen molar-refractivity contribution in [3.05, 3.63) is 46.5 Å². The summed E-state index contributed by atoms with van der Waals surface area (Å²) in [5.41, 5.74) is 7.99. The predicted molar refractivity (Wildman–Crippen MR) is 72.8 cm³/mol. The second kappa shape index (κ2) is 5.41. The van der Waals surface area contributed by atoms with Gasteiger partial charge in [0.2, 0.25) is 0 Å². The molecule has 0 saturated heterocycles. The van der Waals surface area contributed by atoms with E-state index in [1.807, 2.05) is 25.1 Å². The molecule has 2 rings (SSSR count). The van der Waals surface area contributed by atoms with Crippen LogP contribution in [-0.4, -0.2) is 11.5 Å².